The molecule has 138 valence electrons. The van der Waals surface area contributed by atoms with Gasteiger partial charge in [-0.2, -0.15) is 0 Å². The second-order valence-corrected chi connectivity index (χ2v) is 6.24. The van der Waals surface area contributed by atoms with Crippen LogP contribution in [0.5, 0.6) is 17.2 Å². The zero-order chi connectivity index (χ0) is 19.0. The van der Waals surface area contributed by atoms with E-state index in [0.717, 1.165) is 27.7 Å². The molecule has 0 bridgehead atoms. The minimum atomic E-state index is -0.441. The lowest BCUT2D eigenvalue weighted by molar-refractivity contribution is -0.132. The zero-order valence-corrected chi connectivity index (χ0v) is 15.3. The van der Waals surface area contributed by atoms with Crippen LogP contribution in [0.3, 0.4) is 0 Å². The SMILES string of the molecule is COc1ccc(C2Nc3cccc4cccc(c34)N2)c(OC)c1OC(C)=O. The minimum absolute atomic E-state index is 0.263. The molecule has 0 radical (unpaired) electrons. The summed E-state index contributed by atoms with van der Waals surface area (Å²) < 4.78 is 16.3. The standard InChI is InChI=1S/C21H20N2O4/c1-12(24)27-20-17(25-2)11-10-14(19(20)26-3)21-22-15-8-4-6-13-7-5-9-16(23-21)18(13)15/h4-11,21-23H,1-3H3. The summed E-state index contributed by atoms with van der Waals surface area (Å²) in [5.41, 5.74) is 2.86. The molecule has 3 aromatic carbocycles. The van der Waals surface area contributed by atoms with Gasteiger partial charge >= 0.3 is 5.97 Å². The van der Waals surface area contributed by atoms with E-state index in [1.807, 2.05) is 30.3 Å². The number of methoxy groups -OCH3 is 2. The molecule has 0 spiro atoms. The van der Waals surface area contributed by atoms with E-state index in [2.05, 4.69) is 22.8 Å². The third-order valence-electron chi connectivity index (χ3n) is 4.59. The van der Waals surface area contributed by atoms with Crippen molar-refractivity contribution in [1.82, 2.24) is 0 Å². The molecule has 0 aliphatic carbocycles. The lowest BCUT2D eigenvalue weighted by Gasteiger charge is -2.31. The number of esters is 1. The fourth-order valence-electron chi connectivity index (χ4n) is 3.48. The van der Waals surface area contributed by atoms with Gasteiger partial charge in [-0.3, -0.25) is 4.79 Å². The van der Waals surface area contributed by atoms with Gasteiger partial charge in [0.05, 0.1) is 14.2 Å². The van der Waals surface area contributed by atoms with E-state index in [1.54, 1.807) is 13.2 Å². The van der Waals surface area contributed by atoms with Crippen LogP contribution in [0.25, 0.3) is 10.8 Å². The Bertz CT molecular complexity index is 991. The average molecular weight is 364 g/mol. The van der Waals surface area contributed by atoms with Gasteiger partial charge in [-0.05, 0) is 29.7 Å². The third-order valence-corrected chi connectivity index (χ3v) is 4.59. The molecule has 1 aliphatic rings. The predicted octanol–water partition coefficient (Wildman–Crippen LogP) is 4.32. The van der Waals surface area contributed by atoms with Gasteiger partial charge in [-0.15, -0.1) is 0 Å². The van der Waals surface area contributed by atoms with Crippen molar-refractivity contribution in [2.24, 2.45) is 0 Å². The highest BCUT2D eigenvalue weighted by Crippen LogP contribution is 2.45. The Hall–Kier alpha value is -3.41. The molecular weight excluding hydrogens is 344 g/mol. The molecule has 0 unspecified atom stereocenters. The molecule has 0 saturated heterocycles. The summed E-state index contributed by atoms with van der Waals surface area (Å²) in [7, 11) is 3.07. The number of anilines is 2. The first-order chi connectivity index (χ1) is 13.1. The lowest BCUT2D eigenvalue weighted by Crippen LogP contribution is -2.24. The maximum Gasteiger partial charge on any atom is 0.308 e. The number of hydrogen-bond acceptors (Lipinski definition) is 6. The molecule has 0 fully saturated rings. The summed E-state index contributed by atoms with van der Waals surface area (Å²) in [6, 6.07) is 16.0. The average Bonchev–Trinajstić information content (AvgIpc) is 2.67. The molecule has 6 heteroatoms. The summed E-state index contributed by atoms with van der Waals surface area (Å²) in [6.45, 7) is 1.35. The van der Waals surface area contributed by atoms with Gasteiger partial charge in [0.1, 0.15) is 6.17 Å². The topological polar surface area (TPSA) is 68.8 Å². The molecule has 3 aromatic rings. The zero-order valence-electron chi connectivity index (χ0n) is 15.3. The third kappa shape index (κ3) is 2.89. The quantitative estimate of drug-likeness (QED) is 0.531. The number of nitrogens with one attached hydrogen (secondary N) is 2. The van der Waals surface area contributed by atoms with E-state index in [0.29, 0.717) is 11.5 Å². The molecular formula is C21H20N2O4. The highest BCUT2D eigenvalue weighted by molar-refractivity contribution is 6.04. The molecule has 27 heavy (non-hydrogen) atoms. The Morgan fingerprint density at radius 3 is 2.11 bits per heavy atom. The molecule has 1 heterocycles. The van der Waals surface area contributed by atoms with Gasteiger partial charge in [0.25, 0.3) is 0 Å². The summed E-state index contributed by atoms with van der Waals surface area (Å²) in [6.07, 6.45) is -0.263. The first kappa shape index (κ1) is 17.0. The fraction of sp³-hybridized carbons (Fsp3) is 0.190. The summed E-state index contributed by atoms with van der Waals surface area (Å²) in [5.74, 6) is 0.708. The molecule has 1 aliphatic heterocycles. The van der Waals surface area contributed by atoms with Gasteiger partial charge in [0.15, 0.2) is 11.5 Å². The molecule has 4 rings (SSSR count). The van der Waals surface area contributed by atoms with Gasteiger partial charge in [0, 0.05) is 29.2 Å². The largest absolute Gasteiger partial charge is 0.493 e. The Kier molecular flexibility index (Phi) is 4.24. The fourth-order valence-corrected chi connectivity index (χ4v) is 3.48. The second-order valence-electron chi connectivity index (χ2n) is 6.24. The Labute approximate surface area is 157 Å². The van der Waals surface area contributed by atoms with E-state index in [9.17, 15) is 4.79 Å². The highest BCUT2D eigenvalue weighted by atomic mass is 16.6. The van der Waals surface area contributed by atoms with Crippen molar-refractivity contribution < 1.29 is 19.0 Å². The van der Waals surface area contributed by atoms with E-state index < -0.39 is 5.97 Å². The van der Waals surface area contributed by atoms with Crippen LogP contribution in [0.2, 0.25) is 0 Å². The van der Waals surface area contributed by atoms with E-state index in [-0.39, 0.29) is 11.9 Å². The van der Waals surface area contributed by atoms with Crippen molar-refractivity contribution >= 4 is 28.1 Å². The monoisotopic (exact) mass is 364 g/mol. The van der Waals surface area contributed by atoms with Crippen LogP contribution in [0, 0.1) is 0 Å². The smallest absolute Gasteiger partial charge is 0.308 e. The first-order valence-electron chi connectivity index (χ1n) is 8.60. The minimum Gasteiger partial charge on any atom is -0.493 e. The van der Waals surface area contributed by atoms with Crippen molar-refractivity contribution in [3.63, 3.8) is 0 Å². The van der Waals surface area contributed by atoms with E-state index >= 15 is 0 Å². The molecule has 0 amide bonds. The van der Waals surface area contributed by atoms with Crippen LogP contribution in [0.1, 0.15) is 18.7 Å². The number of benzene rings is 3. The van der Waals surface area contributed by atoms with Gasteiger partial charge in [0.2, 0.25) is 5.75 Å². The van der Waals surface area contributed by atoms with E-state index in [4.69, 9.17) is 14.2 Å². The van der Waals surface area contributed by atoms with Crippen LogP contribution < -0.4 is 24.8 Å². The van der Waals surface area contributed by atoms with Gasteiger partial charge in [-0.25, -0.2) is 0 Å². The maximum atomic E-state index is 11.6. The molecule has 2 N–H and O–H groups in total. The van der Waals surface area contributed by atoms with Crippen molar-refractivity contribution in [3.8, 4) is 17.2 Å². The van der Waals surface area contributed by atoms with E-state index in [1.165, 1.54) is 14.0 Å². The van der Waals surface area contributed by atoms with Crippen molar-refractivity contribution in [1.29, 1.82) is 0 Å². The second kappa shape index (κ2) is 6.72. The van der Waals surface area contributed by atoms with Crippen molar-refractivity contribution in [2.45, 2.75) is 13.1 Å². The van der Waals surface area contributed by atoms with Crippen molar-refractivity contribution in [2.75, 3.05) is 24.9 Å². The molecule has 0 atom stereocenters. The summed E-state index contributed by atoms with van der Waals surface area (Å²) in [5, 5.41) is 9.30. The van der Waals surface area contributed by atoms with Crippen LogP contribution in [-0.4, -0.2) is 20.2 Å². The summed E-state index contributed by atoms with van der Waals surface area (Å²) in [4.78, 5) is 11.6. The Balaban J connectivity index is 1.81. The van der Waals surface area contributed by atoms with Crippen LogP contribution in [0.15, 0.2) is 48.5 Å². The molecule has 0 aromatic heterocycles. The maximum absolute atomic E-state index is 11.6. The highest BCUT2D eigenvalue weighted by Gasteiger charge is 2.27. The van der Waals surface area contributed by atoms with Crippen molar-refractivity contribution in [3.05, 3.63) is 54.1 Å². The van der Waals surface area contributed by atoms with Gasteiger partial charge < -0.3 is 24.8 Å². The molecule has 0 saturated carbocycles. The number of carbonyl (C=O) groups is 1. The Morgan fingerprint density at radius 1 is 0.889 bits per heavy atom. The lowest BCUT2D eigenvalue weighted by atomic mass is 10.0. The Morgan fingerprint density at radius 2 is 1.56 bits per heavy atom. The predicted molar refractivity (Wildman–Crippen MR) is 105 cm³/mol. The summed E-state index contributed by atoms with van der Waals surface area (Å²) >= 11 is 0. The first-order valence-corrected chi connectivity index (χ1v) is 8.60. The number of rotatable bonds is 4. The number of ether oxygens (including phenoxy) is 3. The number of hydrogen-bond donors (Lipinski definition) is 2. The molecule has 6 nitrogen and oxygen atoms in total. The van der Waals surface area contributed by atoms with Crippen LogP contribution in [0.4, 0.5) is 11.4 Å². The number of carbonyl (C=O) groups excluding carboxylic acids is 1. The van der Waals surface area contributed by atoms with Gasteiger partial charge in [-0.1, -0.05) is 24.3 Å². The normalized spacial score (nSPS) is 12.9. The van der Waals surface area contributed by atoms with Crippen LogP contribution >= 0.6 is 0 Å². The van der Waals surface area contributed by atoms with Crippen LogP contribution in [-0.2, 0) is 4.79 Å².